The van der Waals surface area contributed by atoms with Gasteiger partial charge in [0.2, 0.25) is 0 Å². The monoisotopic (exact) mass is 455 g/mol. The van der Waals surface area contributed by atoms with Crippen LogP contribution in [0.3, 0.4) is 0 Å². The standard InChI is InChI=1S/C15H22BN6.C2H3N.C2H4O2.Ni/c1-10-7-13(4)20(17-10)16(21-14(5)8-11(2)18-21)22-15(6)9-12(3)19-22;1-2-3;1-2(3)4;/h7-9,16H,1-6H3;1H3;1H3,(H,3,4);/q-1;;;+2/p-1. The van der Waals surface area contributed by atoms with Gasteiger partial charge >= 0.3 is 23.6 Å². The number of rotatable bonds is 3. The van der Waals surface area contributed by atoms with E-state index in [-0.39, 0.29) is 16.5 Å². The Morgan fingerprint density at radius 3 is 1.20 bits per heavy atom. The molecule has 3 aromatic rings. The van der Waals surface area contributed by atoms with E-state index in [0.717, 1.165) is 41.1 Å². The van der Waals surface area contributed by atoms with Gasteiger partial charge in [0.05, 0.1) is 23.2 Å². The van der Waals surface area contributed by atoms with Crippen molar-refractivity contribution in [2.45, 2.75) is 55.4 Å². The van der Waals surface area contributed by atoms with Crippen LogP contribution in [0.4, 0.5) is 0 Å². The van der Waals surface area contributed by atoms with Crippen LogP contribution >= 0.6 is 0 Å². The third-order valence-corrected chi connectivity index (χ3v) is 4.11. The van der Waals surface area contributed by atoms with Gasteiger partial charge in [-0.1, -0.05) is 0 Å². The first-order valence-electron chi connectivity index (χ1n) is 9.25. The quantitative estimate of drug-likeness (QED) is 0.545. The summed E-state index contributed by atoms with van der Waals surface area (Å²) in [4.78, 5) is 8.89. The van der Waals surface area contributed by atoms with Crippen molar-refractivity contribution in [3.63, 3.8) is 0 Å². The van der Waals surface area contributed by atoms with E-state index in [1.165, 1.54) is 6.92 Å². The summed E-state index contributed by atoms with van der Waals surface area (Å²) in [5, 5.41) is 30.3. The van der Waals surface area contributed by atoms with Gasteiger partial charge in [-0.2, -0.15) is 5.26 Å². The van der Waals surface area contributed by atoms with Crippen LogP contribution in [-0.2, 0) is 21.3 Å². The molecule has 0 spiro atoms. The molecule has 0 saturated carbocycles. The number of hydrogen-bond donors (Lipinski definition) is 0. The number of carboxylic acid groups (broad SMARTS) is 1. The van der Waals surface area contributed by atoms with Gasteiger partial charge in [0, 0.05) is 12.9 Å². The topological polar surface area (TPSA) is 117 Å². The Morgan fingerprint density at radius 2 is 1.07 bits per heavy atom. The molecule has 0 amide bonds. The Kier molecular flexibility index (Phi) is 10.8. The molecular weight excluding hydrogens is 428 g/mol. The summed E-state index contributed by atoms with van der Waals surface area (Å²) < 4.78 is 6.19. The van der Waals surface area contributed by atoms with Gasteiger partial charge in [-0.05, 0) is 83.7 Å². The molecule has 11 heteroatoms. The summed E-state index contributed by atoms with van der Waals surface area (Å²) in [6.45, 7) is 14.7. The van der Waals surface area contributed by atoms with E-state index in [1.807, 2.05) is 20.8 Å². The Labute approximate surface area is 187 Å². The molecule has 9 nitrogen and oxygen atoms in total. The molecule has 0 atom stereocenters. The van der Waals surface area contributed by atoms with Crippen LogP contribution in [0.5, 0.6) is 0 Å². The largest absolute Gasteiger partial charge is 2.00 e. The molecule has 0 unspecified atom stereocenters. The summed E-state index contributed by atoms with van der Waals surface area (Å²) in [5.74, 6) is -1.08. The van der Waals surface area contributed by atoms with Crippen molar-refractivity contribution in [1.82, 2.24) is 29.1 Å². The predicted molar refractivity (Wildman–Crippen MR) is 110 cm³/mol. The van der Waals surface area contributed by atoms with Crippen molar-refractivity contribution in [2.24, 2.45) is 0 Å². The zero-order valence-corrected chi connectivity index (χ0v) is 19.7. The first-order valence-corrected chi connectivity index (χ1v) is 9.25. The Morgan fingerprint density at radius 1 is 0.867 bits per heavy atom. The van der Waals surface area contributed by atoms with Crippen molar-refractivity contribution in [2.75, 3.05) is 0 Å². The van der Waals surface area contributed by atoms with E-state index in [1.54, 1.807) is 6.07 Å². The Bertz CT molecular complexity index is 903. The maximum Gasteiger partial charge on any atom is 2.00 e. The van der Waals surface area contributed by atoms with Gasteiger partial charge in [0.15, 0.2) is 0 Å². The minimum atomic E-state index is -1.26. The second-order valence-electron chi connectivity index (χ2n) is 6.92. The van der Waals surface area contributed by atoms with Crippen molar-refractivity contribution < 1.29 is 26.4 Å². The fourth-order valence-corrected chi connectivity index (χ4v) is 3.26. The van der Waals surface area contributed by atoms with Crippen molar-refractivity contribution in [1.29, 1.82) is 5.26 Å². The van der Waals surface area contributed by atoms with E-state index >= 15 is 0 Å². The molecule has 3 rings (SSSR count). The maximum atomic E-state index is 8.89. The molecule has 30 heavy (non-hydrogen) atoms. The van der Waals surface area contributed by atoms with Crippen LogP contribution in [0, 0.1) is 52.9 Å². The fourth-order valence-electron chi connectivity index (χ4n) is 3.26. The molecular formula is C19H28BN7NiO2. The summed E-state index contributed by atoms with van der Waals surface area (Å²) >= 11 is 0. The first kappa shape index (κ1) is 27.1. The molecule has 0 radical (unpaired) electrons. The van der Waals surface area contributed by atoms with E-state index in [9.17, 15) is 0 Å². The molecule has 3 heterocycles. The molecule has 0 fully saturated rings. The van der Waals surface area contributed by atoms with Gasteiger partial charge in [0.1, 0.15) is 0 Å². The van der Waals surface area contributed by atoms with E-state index in [4.69, 9.17) is 30.5 Å². The molecule has 0 aromatic carbocycles. The van der Waals surface area contributed by atoms with E-state index in [0.29, 0.717) is 0 Å². The predicted octanol–water partition coefficient (Wildman–Crippen LogP) is 1.07. The summed E-state index contributed by atoms with van der Waals surface area (Å²) in [5.41, 5.74) is 6.40. The van der Waals surface area contributed by atoms with Gasteiger partial charge in [0.25, 0.3) is 0 Å². The number of nitrogens with zero attached hydrogens (tertiary/aromatic N) is 7. The smallest absolute Gasteiger partial charge is 0.550 e. The maximum absolute atomic E-state index is 8.89. The van der Waals surface area contributed by atoms with E-state index in [2.05, 4.69) is 52.7 Å². The molecule has 0 aliphatic rings. The van der Waals surface area contributed by atoms with Crippen LogP contribution in [-0.4, -0.2) is 42.2 Å². The zero-order valence-electron chi connectivity index (χ0n) is 18.7. The minimum Gasteiger partial charge on any atom is -0.550 e. The normalized spacial score (nSPS) is 9.60. The van der Waals surface area contributed by atoms with Crippen molar-refractivity contribution >= 4 is 13.1 Å². The zero-order chi connectivity index (χ0) is 22.3. The molecule has 0 bridgehead atoms. The average Bonchev–Trinajstić information content (AvgIpc) is 3.19. The number of hydrogen-bond acceptors (Lipinski definition) is 6. The average molecular weight is 456 g/mol. The second-order valence-corrected chi connectivity index (χ2v) is 6.92. The number of carbonyl (C=O) groups is 1. The van der Waals surface area contributed by atoms with Crippen molar-refractivity contribution in [3.05, 3.63) is 52.4 Å². The van der Waals surface area contributed by atoms with Gasteiger partial charge in [-0.25, -0.2) is 15.3 Å². The number of aliphatic carboxylic acids is 1. The second kappa shape index (κ2) is 12.0. The number of aryl methyl sites for hydroxylation is 6. The molecule has 3 aromatic heterocycles. The third kappa shape index (κ3) is 7.19. The number of nitriles is 1. The minimum absolute atomic E-state index is 0. The number of aromatic nitrogens is 6. The molecule has 164 valence electrons. The van der Waals surface area contributed by atoms with Gasteiger partial charge < -0.3 is 23.7 Å². The van der Waals surface area contributed by atoms with Crippen molar-refractivity contribution in [3.8, 4) is 6.07 Å². The number of carbonyl (C=O) groups excluding carboxylic acids is 1. The summed E-state index contributed by atoms with van der Waals surface area (Å²) in [6, 6.07) is 8.03. The molecule has 0 aliphatic carbocycles. The Hall–Kier alpha value is -2.85. The molecule has 0 saturated heterocycles. The molecule has 0 aliphatic heterocycles. The molecule has 0 N–H and O–H groups in total. The summed E-state index contributed by atoms with van der Waals surface area (Å²) in [6.07, 6.45) is 0. The van der Waals surface area contributed by atoms with Crippen LogP contribution in [0.15, 0.2) is 18.2 Å². The van der Waals surface area contributed by atoms with Crippen LogP contribution in [0.25, 0.3) is 0 Å². The SMILES string of the molecule is CC#N.CC(=O)[O-].Cc1cc(C)n([BH-](n2nc(C)cc2C)n2nc(C)cc2C)n1.[Ni+2]. The van der Waals surface area contributed by atoms with Gasteiger partial charge in [-0.15, -0.1) is 0 Å². The Balaban J connectivity index is 0.000000925. The number of carboxylic acids is 1. The fraction of sp³-hybridized carbons (Fsp3) is 0.421. The van der Waals surface area contributed by atoms with Crippen LogP contribution in [0.2, 0.25) is 0 Å². The first-order chi connectivity index (χ1) is 13.5. The van der Waals surface area contributed by atoms with E-state index < -0.39 is 13.1 Å². The van der Waals surface area contributed by atoms with Crippen LogP contribution < -0.4 is 5.11 Å². The summed E-state index contributed by atoms with van der Waals surface area (Å²) in [7, 11) is -1.26. The third-order valence-electron chi connectivity index (χ3n) is 4.11. The van der Waals surface area contributed by atoms with Gasteiger partial charge in [-0.3, -0.25) is 0 Å². The van der Waals surface area contributed by atoms with Crippen LogP contribution in [0.1, 0.15) is 48.0 Å².